The summed E-state index contributed by atoms with van der Waals surface area (Å²) in [6, 6.07) is 35.0. The van der Waals surface area contributed by atoms with Crippen molar-refractivity contribution >= 4 is 47.0 Å². The molecule has 3 nitrogen and oxygen atoms in total. The number of rotatable bonds is 7. The van der Waals surface area contributed by atoms with Crippen molar-refractivity contribution in [2.75, 3.05) is 0 Å². The van der Waals surface area contributed by atoms with Gasteiger partial charge in [-0.2, -0.15) is 0 Å². The third-order valence-electron chi connectivity index (χ3n) is 5.24. The number of carbonyl (C=O) groups is 1. The Morgan fingerprint density at radius 2 is 1.21 bits per heavy atom. The second-order valence-corrected chi connectivity index (χ2v) is 12.0. The van der Waals surface area contributed by atoms with Crippen molar-refractivity contribution in [3.8, 4) is 0 Å². The molecule has 0 aliphatic heterocycles. The first-order valence-corrected chi connectivity index (χ1v) is 13.6. The highest BCUT2D eigenvalue weighted by Crippen LogP contribution is 2.54. The second-order valence-electron chi connectivity index (χ2n) is 7.64. The van der Waals surface area contributed by atoms with Gasteiger partial charge in [0.05, 0.1) is 0 Å². The van der Waals surface area contributed by atoms with Crippen LogP contribution < -0.4 is 15.9 Å². The highest BCUT2D eigenvalue weighted by Gasteiger charge is 2.36. The Bertz CT molecular complexity index is 1300. The fourth-order valence-corrected chi connectivity index (χ4v) is 7.79. The van der Waals surface area contributed by atoms with Crippen LogP contribution in [0.25, 0.3) is 0 Å². The van der Waals surface area contributed by atoms with Crippen molar-refractivity contribution in [3.63, 3.8) is 0 Å². The zero-order valence-corrected chi connectivity index (χ0v) is 21.0. The van der Waals surface area contributed by atoms with E-state index in [0.717, 1.165) is 10.5 Å². The average Bonchev–Trinajstić information content (AvgIpc) is 2.89. The Hall–Kier alpha value is -3.04. The Kier molecular flexibility index (Phi) is 7.74. The molecule has 0 spiro atoms. The molecular formula is C28H23ClNO2PS. The quantitative estimate of drug-likeness (QED) is 0.220. The molecule has 4 rings (SSSR count). The highest BCUT2D eigenvalue weighted by atomic mass is 35.5. The minimum absolute atomic E-state index is 0.200. The van der Waals surface area contributed by atoms with Gasteiger partial charge in [0, 0.05) is 21.1 Å². The van der Waals surface area contributed by atoms with Crippen LogP contribution in [-0.4, -0.2) is 5.91 Å². The zero-order chi connectivity index (χ0) is 24.0. The van der Waals surface area contributed by atoms with Crippen LogP contribution in [0.1, 0.15) is 15.9 Å². The van der Waals surface area contributed by atoms with Gasteiger partial charge >= 0.3 is 0 Å². The monoisotopic (exact) mass is 503 g/mol. The highest BCUT2D eigenvalue weighted by molar-refractivity contribution is 8.05. The number of halogens is 1. The van der Waals surface area contributed by atoms with Crippen molar-refractivity contribution in [1.82, 2.24) is 5.32 Å². The molecule has 4 aromatic rings. The van der Waals surface area contributed by atoms with Crippen LogP contribution in [0.4, 0.5) is 0 Å². The molecule has 0 aromatic heterocycles. The summed E-state index contributed by atoms with van der Waals surface area (Å²) in [5, 5.41) is 4.11. The molecule has 0 aliphatic carbocycles. The van der Waals surface area contributed by atoms with Crippen LogP contribution in [0, 0.1) is 6.92 Å². The van der Waals surface area contributed by atoms with E-state index in [1.807, 2.05) is 97.9 Å². The summed E-state index contributed by atoms with van der Waals surface area (Å²) in [5.41, 5.74) is 1.78. The van der Waals surface area contributed by atoms with E-state index in [1.165, 1.54) is 11.8 Å². The summed E-state index contributed by atoms with van der Waals surface area (Å²) in [7, 11) is -3.52. The first-order valence-electron chi connectivity index (χ1n) is 10.7. The van der Waals surface area contributed by atoms with E-state index in [4.69, 9.17) is 11.6 Å². The molecule has 0 unspecified atom stereocenters. The second kappa shape index (κ2) is 10.9. The van der Waals surface area contributed by atoms with Gasteiger partial charge in [0.25, 0.3) is 5.91 Å². The maximum absolute atomic E-state index is 15.0. The molecule has 0 fully saturated rings. The fraction of sp³-hybridized carbons (Fsp3) is 0.0357. The van der Waals surface area contributed by atoms with Crippen molar-refractivity contribution in [2.24, 2.45) is 0 Å². The van der Waals surface area contributed by atoms with Gasteiger partial charge in [-0.3, -0.25) is 4.79 Å². The number of hydrogen-bond acceptors (Lipinski definition) is 3. The van der Waals surface area contributed by atoms with E-state index >= 15 is 0 Å². The number of hydrogen-bond donors (Lipinski definition) is 1. The molecule has 34 heavy (non-hydrogen) atoms. The normalized spacial score (nSPS) is 12.1. The van der Waals surface area contributed by atoms with Gasteiger partial charge in [-0.05, 0) is 31.2 Å². The van der Waals surface area contributed by atoms with E-state index in [9.17, 15) is 9.36 Å². The standard InChI is InChI=1S/C28H23ClNO2PS/c1-21-17-19-25(20-18-21)34-26(29)28(30-27(31)22-11-5-2-6-12-22)33(32,23-13-7-3-8-14-23)24-15-9-4-10-16-24/h2-20H,1H3,(H,30,31). The van der Waals surface area contributed by atoms with Gasteiger partial charge in [0.15, 0.2) is 7.14 Å². The lowest BCUT2D eigenvalue weighted by molar-refractivity contribution is 0.0968. The van der Waals surface area contributed by atoms with Gasteiger partial charge in [-0.1, -0.05) is 120 Å². The minimum atomic E-state index is -3.52. The van der Waals surface area contributed by atoms with Gasteiger partial charge in [-0.15, -0.1) is 0 Å². The Balaban J connectivity index is 1.89. The Morgan fingerprint density at radius 3 is 1.71 bits per heavy atom. The fourth-order valence-electron chi connectivity index (χ4n) is 3.46. The molecule has 0 aliphatic rings. The lowest BCUT2D eigenvalue weighted by Crippen LogP contribution is -2.29. The van der Waals surface area contributed by atoms with Crippen molar-refractivity contribution in [3.05, 3.63) is 136 Å². The molecule has 6 heteroatoms. The topological polar surface area (TPSA) is 46.2 Å². The van der Waals surface area contributed by atoms with Crippen LogP contribution in [0.5, 0.6) is 0 Å². The van der Waals surface area contributed by atoms with Gasteiger partial charge in [0.1, 0.15) is 9.80 Å². The molecule has 0 saturated carbocycles. The summed E-state index contributed by atoms with van der Waals surface area (Å²) >= 11 is 8.16. The first kappa shape index (κ1) is 24.1. The number of carbonyl (C=O) groups excluding carboxylic acids is 1. The van der Waals surface area contributed by atoms with Gasteiger partial charge in [-0.25, -0.2) is 0 Å². The van der Waals surface area contributed by atoms with Crippen LogP contribution in [-0.2, 0) is 4.57 Å². The van der Waals surface area contributed by atoms with Gasteiger partial charge < -0.3 is 9.88 Å². The molecule has 170 valence electrons. The number of aryl methyl sites for hydroxylation is 1. The van der Waals surface area contributed by atoms with Crippen LogP contribution in [0.2, 0.25) is 0 Å². The Morgan fingerprint density at radius 1 is 0.735 bits per heavy atom. The summed E-state index contributed by atoms with van der Waals surface area (Å²) in [6.07, 6.45) is 0. The van der Waals surface area contributed by atoms with Crippen LogP contribution >= 0.6 is 30.5 Å². The van der Waals surface area contributed by atoms with Crippen molar-refractivity contribution < 1.29 is 9.36 Å². The molecule has 0 heterocycles. The van der Waals surface area contributed by atoms with E-state index in [1.54, 1.807) is 24.3 Å². The van der Waals surface area contributed by atoms with E-state index < -0.39 is 7.14 Å². The lowest BCUT2D eigenvalue weighted by atomic mass is 10.2. The number of amides is 1. The third kappa shape index (κ3) is 5.37. The summed E-state index contributed by atoms with van der Waals surface area (Å²) < 4.78 is 15.3. The van der Waals surface area contributed by atoms with Gasteiger partial charge in [0.2, 0.25) is 0 Å². The Labute approximate surface area is 209 Å². The predicted octanol–water partition coefficient (Wildman–Crippen LogP) is 6.90. The molecule has 1 N–H and O–H groups in total. The van der Waals surface area contributed by atoms with Crippen LogP contribution in [0.3, 0.4) is 0 Å². The smallest absolute Gasteiger partial charge is 0.255 e. The SMILES string of the molecule is Cc1ccc(SC(Cl)=C(NC(=O)c2ccccc2)P(=O)(c2ccccc2)c2ccccc2)cc1. The molecular weight excluding hydrogens is 481 g/mol. The maximum Gasteiger partial charge on any atom is 0.255 e. The largest absolute Gasteiger partial charge is 0.317 e. The maximum atomic E-state index is 15.0. The summed E-state index contributed by atoms with van der Waals surface area (Å²) in [6.45, 7) is 2.01. The van der Waals surface area contributed by atoms with Crippen molar-refractivity contribution in [1.29, 1.82) is 0 Å². The van der Waals surface area contributed by atoms with E-state index in [-0.39, 0.29) is 15.7 Å². The number of benzene rings is 4. The van der Waals surface area contributed by atoms with Crippen LogP contribution in [0.15, 0.2) is 130 Å². The molecule has 0 atom stereocenters. The summed E-state index contributed by atoms with van der Waals surface area (Å²) in [4.78, 5) is 14.1. The molecule has 0 bridgehead atoms. The van der Waals surface area contributed by atoms with E-state index in [0.29, 0.717) is 16.2 Å². The number of nitrogens with one attached hydrogen (secondary N) is 1. The minimum Gasteiger partial charge on any atom is -0.317 e. The predicted molar refractivity (Wildman–Crippen MR) is 144 cm³/mol. The number of thioether (sulfide) groups is 1. The molecule has 1 amide bonds. The first-order chi connectivity index (χ1) is 16.5. The average molecular weight is 504 g/mol. The molecule has 4 aromatic carbocycles. The zero-order valence-electron chi connectivity index (χ0n) is 18.5. The molecule has 0 radical (unpaired) electrons. The van der Waals surface area contributed by atoms with Crippen molar-refractivity contribution in [2.45, 2.75) is 11.8 Å². The summed E-state index contributed by atoms with van der Waals surface area (Å²) in [5.74, 6) is -0.370. The van der Waals surface area contributed by atoms with E-state index in [2.05, 4.69) is 5.32 Å². The third-order valence-corrected chi connectivity index (χ3v) is 9.85. The molecule has 0 saturated heterocycles. The lowest BCUT2D eigenvalue weighted by Gasteiger charge is -2.24.